The molecule has 3 N–H and O–H groups in total. The first kappa shape index (κ1) is 18.3. The number of rotatable bonds is 7. The maximum atomic E-state index is 12.5. The fourth-order valence-electron chi connectivity index (χ4n) is 2.51. The van der Waals surface area contributed by atoms with Crippen molar-refractivity contribution in [3.8, 4) is 11.5 Å². The number of nitrogens with one attached hydrogen (secondary N) is 1. The van der Waals surface area contributed by atoms with E-state index in [0.717, 1.165) is 11.1 Å². The molecular weight excluding hydrogens is 320 g/mol. The van der Waals surface area contributed by atoms with Gasteiger partial charge in [0.05, 0.1) is 13.2 Å². The van der Waals surface area contributed by atoms with Crippen molar-refractivity contribution in [1.29, 1.82) is 0 Å². The monoisotopic (exact) mass is 342 g/mol. The number of primary amides is 1. The topological polar surface area (TPSA) is 90.7 Å². The number of benzene rings is 2. The third-order valence-corrected chi connectivity index (χ3v) is 3.80. The highest BCUT2D eigenvalue weighted by Crippen LogP contribution is 2.28. The van der Waals surface area contributed by atoms with Crippen LogP contribution in [0.25, 0.3) is 0 Å². The minimum absolute atomic E-state index is 0.134. The fourth-order valence-corrected chi connectivity index (χ4v) is 2.51. The van der Waals surface area contributed by atoms with Crippen molar-refractivity contribution >= 4 is 11.8 Å². The van der Waals surface area contributed by atoms with Gasteiger partial charge in [-0.2, -0.15) is 0 Å². The van der Waals surface area contributed by atoms with E-state index >= 15 is 0 Å². The van der Waals surface area contributed by atoms with Gasteiger partial charge in [-0.25, -0.2) is 0 Å². The highest BCUT2D eigenvalue weighted by Gasteiger charge is 2.15. The predicted octanol–water partition coefficient (Wildman–Crippen LogP) is 2.36. The molecule has 6 nitrogen and oxygen atoms in total. The maximum absolute atomic E-state index is 12.5. The number of nitrogens with two attached hydrogens (primary N) is 1. The zero-order valence-corrected chi connectivity index (χ0v) is 14.5. The Morgan fingerprint density at radius 3 is 2.52 bits per heavy atom. The SMILES string of the molecule is COc1cc(C(=O)NC(C)c2ccccc2C)ccc1OCC(N)=O. The number of hydrogen-bond acceptors (Lipinski definition) is 4. The molecule has 0 fully saturated rings. The maximum Gasteiger partial charge on any atom is 0.255 e. The molecule has 6 heteroatoms. The van der Waals surface area contributed by atoms with Crippen molar-refractivity contribution in [3.63, 3.8) is 0 Å². The summed E-state index contributed by atoms with van der Waals surface area (Å²) < 4.78 is 10.5. The molecule has 0 aliphatic carbocycles. The summed E-state index contributed by atoms with van der Waals surface area (Å²) in [6, 6.07) is 12.5. The molecule has 0 heterocycles. The quantitative estimate of drug-likeness (QED) is 0.808. The van der Waals surface area contributed by atoms with E-state index in [1.807, 2.05) is 38.1 Å². The van der Waals surface area contributed by atoms with Crippen LogP contribution in [0, 0.1) is 6.92 Å². The fraction of sp³-hybridized carbons (Fsp3) is 0.263. The van der Waals surface area contributed by atoms with Crippen LogP contribution in [0.3, 0.4) is 0 Å². The third-order valence-electron chi connectivity index (χ3n) is 3.80. The summed E-state index contributed by atoms with van der Waals surface area (Å²) in [5.74, 6) is -0.103. The molecule has 132 valence electrons. The van der Waals surface area contributed by atoms with E-state index < -0.39 is 5.91 Å². The number of hydrogen-bond donors (Lipinski definition) is 2. The summed E-state index contributed by atoms with van der Waals surface area (Å²) in [5.41, 5.74) is 7.67. The molecule has 0 bridgehead atoms. The molecule has 2 amide bonds. The Bertz CT molecular complexity index is 774. The Balaban J connectivity index is 2.13. The van der Waals surface area contributed by atoms with E-state index in [9.17, 15) is 9.59 Å². The van der Waals surface area contributed by atoms with Crippen molar-refractivity contribution < 1.29 is 19.1 Å². The lowest BCUT2D eigenvalue weighted by molar-refractivity contribution is -0.119. The lowest BCUT2D eigenvalue weighted by Crippen LogP contribution is -2.27. The number of amides is 2. The van der Waals surface area contributed by atoms with Crippen molar-refractivity contribution in [2.45, 2.75) is 19.9 Å². The molecule has 0 saturated carbocycles. The summed E-state index contributed by atoms with van der Waals surface area (Å²) >= 11 is 0. The second-order valence-electron chi connectivity index (χ2n) is 5.67. The van der Waals surface area contributed by atoms with Crippen LogP contribution < -0.4 is 20.5 Å². The molecule has 0 aliphatic heterocycles. The minimum atomic E-state index is -0.587. The van der Waals surface area contributed by atoms with Gasteiger partial charge in [0.15, 0.2) is 18.1 Å². The first-order valence-electron chi connectivity index (χ1n) is 7.88. The van der Waals surface area contributed by atoms with E-state index in [1.54, 1.807) is 18.2 Å². The summed E-state index contributed by atoms with van der Waals surface area (Å²) in [4.78, 5) is 23.3. The van der Waals surface area contributed by atoms with E-state index in [0.29, 0.717) is 17.1 Å². The van der Waals surface area contributed by atoms with Crippen LogP contribution in [-0.4, -0.2) is 25.5 Å². The molecule has 2 aromatic carbocycles. The van der Waals surface area contributed by atoms with Gasteiger partial charge in [-0.3, -0.25) is 9.59 Å². The van der Waals surface area contributed by atoms with E-state index in [-0.39, 0.29) is 18.6 Å². The van der Waals surface area contributed by atoms with Crippen molar-refractivity contribution in [2.24, 2.45) is 5.73 Å². The van der Waals surface area contributed by atoms with Crippen LogP contribution in [0.4, 0.5) is 0 Å². The highest BCUT2D eigenvalue weighted by atomic mass is 16.5. The molecule has 25 heavy (non-hydrogen) atoms. The van der Waals surface area contributed by atoms with Crippen LogP contribution in [0.1, 0.15) is 34.5 Å². The predicted molar refractivity (Wildman–Crippen MR) is 94.7 cm³/mol. The van der Waals surface area contributed by atoms with Gasteiger partial charge in [-0.15, -0.1) is 0 Å². The average Bonchev–Trinajstić information content (AvgIpc) is 2.59. The summed E-state index contributed by atoms with van der Waals surface area (Å²) in [6.07, 6.45) is 0. The molecule has 2 aromatic rings. The van der Waals surface area contributed by atoms with Crippen molar-refractivity contribution in [3.05, 3.63) is 59.2 Å². The van der Waals surface area contributed by atoms with Gasteiger partial charge in [0.2, 0.25) is 0 Å². The Hall–Kier alpha value is -3.02. The molecule has 1 unspecified atom stereocenters. The van der Waals surface area contributed by atoms with Gasteiger partial charge in [0, 0.05) is 5.56 Å². The van der Waals surface area contributed by atoms with Crippen LogP contribution >= 0.6 is 0 Å². The van der Waals surface area contributed by atoms with Crippen LogP contribution in [-0.2, 0) is 4.79 Å². The van der Waals surface area contributed by atoms with Crippen LogP contribution in [0.2, 0.25) is 0 Å². The van der Waals surface area contributed by atoms with E-state index in [4.69, 9.17) is 15.2 Å². The normalized spacial score (nSPS) is 11.5. The number of methoxy groups -OCH3 is 1. The summed E-state index contributed by atoms with van der Waals surface area (Å²) in [6.45, 7) is 3.68. The molecule has 0 aromatic heterocycles. The summed E-state index contributed by atoms with van der Waals surface area (Å²) in [7, 11) is 1.46. The molecule has 2 rings (SSSR count). The van der Waals surface area contributed by atoms with E-state index in [1.165, 1.54) is 7.11 Å². The molecule has 0 aliphatic rings. The van der Waals surface area contributed by atoms with Crippen molar-refractivity contribution in [2.75, 3.05) is 13.7 Å². The van der Waals surface area contributed by atoms with Gasteiger partial charge < -0.3 is 20.5 Å². The Morgan fingerprint density at radius 2 is 1.88 bits per heavy atom. The Labute approximate surface area is 146 Å². The van der Waals surface area contributed by atoms with Gasteiger partial charge in [-0.05, 0) is 43.2 Å². The molecule has 0 spiro atoms. The first-order valence-corrected chi connectivity index (χ1v) is 7.88. The average molecular weight is 342 g/mol. The number of carbonyl (C=O) groups excluding carboxylic acids is 2. The van der Waals surface area contributed by atoms with Gasteiger partial charge in [0.25, 0.3) is 11.8 Å². The van der Waals surface area contributed by atoms with E-state index in [2.05, 4.69) is 5.32 Å². The van der Waals surface area contributed by atoms with Gasteiger partial charge in [-0.1, -0.05) is 24.3 Å². The number of aryl methyl sites for hydroxylation is 1. The van der Waals surface area contributed by atoms with Crippen LogP contribution in [0.5, 0.6) is 11.5 Å². The second-order valence-corrected chi connectivity index (χ2v) is 5.67. The highest BCUT2D eigenvalue weighted by molar-refractivity contribution is 5.95. The minimum Gasteiger partial charge on any atom is -0.493 e. The largest absolute Gasteiger partial charge is 0.493 e. The Morgan fingerprint density at radius 1 is 1.16 bits per heavy atom. The first-order chi connectivity index (χ1) is 11.9. The van der Waals surface area contributed by atoms with Crippen LogP contribution in [0.15, 0.2) is 42.5 Å². The lowest BCUT2D eigenvalue weighted by atomic mass is 10.0. The summed E-state index contributed by atoms with van der Waals surface area (Å²) in [5, 5.41) is 2.96. The standard InChI is InChI=1S/C19H22N2O4/c1-12-6-4-5-7-15(12)13(2)21-19(23)14-8-9-16(17(10-14)24-3)25-11-18(20)22/h4-10,13H,11H2,1-3H3,(H2,20,22)(H,21,23). The molecule has 0 saturated heterocycles. The zero-order valence-electron chi connectivity index (χ0n) is 14.5. The lowest BCUT2D eigenvalue weighted by Gasteiger charge is -2.17. The molecule has 1 atom stereocenters. The smallest absolute Gasteiger partial charge is 0.255 e. The van der Waals surface area contributed by atoms with Gasteiger partial charge >= 0.3 is 0 Å². The zero-order chi connectivity index (χ0) is 18.4. The third kappa shape index (κ3) is 4.73. The number of ether oxygens (including phenoxy) is 2. The Kier molecular flexibility index (Phi) is 6.00. The van der Waals surface area contributed by atoms with Gasteiger partial charge in [0.1, 0.15) is 0 Å². The molecule has 0 radical (unpaired) electrons. The number of carbonyl (C=O) groups is 2. The molecular formula is C19H22N2O4. The van der Waals surface area contributed by atoms with Crippen molar-refractivity contribution in [1.82, 2.24) is 5.32 Å². The second kappa shape index (κ2) is 8.19.